The normalized spacial score (nSPS) is 8.67. The lowest BCUT2D eigenvalue weighted by molar-refractivity contribution is 0.527. The quantitative estimate of drug-likeness (QED) is 0.567. The van der Waals surface area contributed by atoms with Gasteiger partial charge in [-0.05, 0) is 6.26 Å². The van der Waals surface area contributed by atoms with Crippen molar-refractivity contribution in [1.82, 2.24) is 4.31 Å². The predicted molar refractivity (Wildman–Crippen MR) is 47.8 cm³/mol. The molecule has 0 aliphatic heterocycles. The maximum atomic E-state index is 2.29. The molecular weight excluding hydrogens is 130 g/mol. The van der Waals surface area contributed by atoms with E-state index in [0.717, 1.165) is 13.1 Å². The van der Waals surface area contributed by atoms with Gasteiger partial charge in [0.2, 0.25) is 0 Å². The van der Waals surface area contributed by atoms with E-state index in [2.05, 4.69) is 24.4 Å². The number of hydrogen-bond donors (Lipinski definition) is 0. The summed E-state index contributed by atoms with van der Waals surface area (Å²) in [5.74, 6) is 0. The minimum absolute atomic E-state index is 1.15. The van der Waals surface area contributed by atoms with Gasteiger partial charge >= 0.3 is 0 Å². The maximum Gasteiger partial charge on any atom is 0.00606 e. The summed E-state index contributed by atoms with van der Waals surface area (Å²) in [7, 11) is 0. The topological polar surface area (TPSA) is 3.24 Å². The zero-order chi connectivity index (χ0) is 7.70. The maximum absolute atomic E-state index is 2.29. The Labute approximate surface area is 64.0 Å². The van der Waals surface area contributed by atoms with Crippen molar-refractivity contribution in [3.8, 4) is 0 Å². The van der Waals surface area contributed by atoms with Crippen LogP contribution in [0.25, 0.3) is 0 Å². The van der Waals surface area contributed by atoms with E-state index in [4.69, 9.17) is 0 Å². The fraction of sp³-hybridized carbons (Fsp3) is 1.00. The van der Waals surface area contributed by atoms with E-state index >= 15 is 0 Å². The largest absolute Gasteiger partial charge is 0.251 e. The first-order chi connectivity index (χ1) is 4.35. The molecule has 0 saturated carbocycles. The van der Waals surface area contributed by atoms with Gasteiger partial charge in [-0.2, -0.15) is 0 Å². The third kappa shape index (κ3) is 8.31. The highest BCUT2D eigenvalue weighted by atomic mass is 32.2. The van der Waals surface area contributed by atoms with Crippen LogP contribution in [0.15, 0.2) is 0 Å². The summed E-state index contributed by atoms with van der Waals surface area (Å²) in [5, 5.41) is 0. The lowest BCUT2D eigenvalue weighted by atomic mass is 10.7. The van der Waals surface area contributed by atoms with Gasteiger partial charge in [0.05, 0.1) is 0 Å². The summed E-state index contributed by atoms with van der Waals surface area (Å²) in [6.07, 6.45) is 2.10. The van der Waals surface area contributed by atoms with E-state index in [-0.39, 0.29) is 0 Å². The van der Waals surface area contributed by atoms with E-state index < -0.39 is 0 Å². The first-order valence-corrected chi connectivity index (χ1v) is 4.82. The molecule has 0 saturated heterocycles. The fourth-order valence-corrected chi connectivity index (χ4v) is 0.998. The summed E-state index contributed by atoms with van der Waals surface area (Å²) in [4.78, 5) is 0. The van der Waals surface area contributed by atoms with Gasteiger partial charge in [0.25, 0.3) is 0 Å². The van der Waals surface area contributed by atoms with Crippen molar-refractivity contribution in [3.63, 3.8) is 0 Å². The first-order valence-electron chi connectivity index (χ1n) is 3.64. The minimum atomic E-state index is 1.15. The Morgan fingerprint density at radius 2 is 1.44 bits per heavy atom. The Hall–Kier alpha value is 0.310. The zero-order valence-corrected chi connectivity index (χ0v) is 8.09. The first kappa shape index (κ1) is 12.0. The van der Waals surface area contributed by atoms with Crippen molar-refractivity contribution in [1.29, 1.82) is 0 Å². The Bertz CT molecular complexity index is 30.4. The van der Waals surface area contributed by atoms with E-state index in [1.807, 2.05) is 13.8 Å². The summed E-state index contributed by atoms with van der Waals surface area (Å²) < 4.78 is 2.29. The van der Waals surface area contributed by atoms with Crippen LogP contribution in [0.3, 0.4) is 0 Å². The second kappa shape index (κ2) is 11.2. The van der Waals surface area contributed by atoms with Gasteiger partial charge in [0.15, 0.2) is 0 Å². The summed E-state index contributed by atoms with van der Waals surface area (Å²) in [5.41, 5.74) is 0. The van der Waals surface area contributed by atoms with E-state index in [1.165, 1.54) is 0 Å². The highest BCUT2D eigenvalue weighted by Gasteiger charge is 1.90. The molecular formula is C7H19NS. The number of nitrogens with zero attached hydrogens (tertiary/aromatic N) is 1. The van der Waals surface area contributed by atoms with Crippen molar-refractivity contribution in [2.45, 2.75) is 27.7 Å². The third-order valence-corrected chi connectivity index (χ3v) is 2.00. The second-order valence-electron chi connectivity index (χ2n) is 1.30. The van der Waals surface area contributed by atoms with Crippen molar-refractivity contribution in [2.24, 2.45) is 0 Å². The van der Waals surface area contributed by atoms with Crippen molar-refractivity contribution in [3.05, 3.63) is 0 Å². The molecule has 58 valence electrons. The fourth-order valence-electron chi connectivity index (χ4n) is 0.482. The van der Waals surface area contributed by atoms with Crippen LogP contribution < -0.4 is 0 Å². The van der Waals surface area contributed by atoms with E-state index in [9.17, 15) is 0 Å². The van der Waals surface area contributed by atoms with Crippen LogP contribution in [0.5, 0.6) is 0 Å². The van der Waals surface area contributed by atoms with E-state index in [0.29, 0.717) is 0 Å². The molecule has 0 aromatic rings. The Morgan fingerprint density at radius 3 is 1.44 bits per heavy atom. The molecule has 0 radical (unpaired) electrons. The molecule has 0 heterocycles. The molecule has 0 atom stereocenters. The number of rotatable bonds is 3. The highest BCUT2D eigenvalue weighted by molar-refractivity contribution is 7.96. The monoisotopic (exact) mass is 149 g/mol. The van der Waals surface area contributed by atoms with Crippen LogP contribution >= 0.6 is 11.9 Å². The Kier molecular flexibility index (Phi) is 14.9. The number of hydrogen-bond acceptors (Lipinski definition) is 2. The molecule has 0 N–H and O–H groups in total. The van der Waals surface area contributed by atoms with Crippen LogP contribution in [0.1, 0.15) is 27.7 Å². The van der Waals surface area contributed by atoms with Gasteiger partial charge < -0.3 is 0 Å². The van der Waals surface area contributed by atoms with Gasteiger partial charge in [-0.1, -0.05) is 39.6 Å². The highest BCUT2D eigenvalue weighted by Crippen LogP contribution is 2.00. The summed E-state index contributed by atoms with van der Waals surface area (Å²) in [6.45, 7) is 10.6. The molecule has 0 unspecified atom stereocenters. The molecule has 1 nitrogen and oxygen atoms in total. The van der Waals surface area contributed by atoms with Crippen molar-refractivity contribution in [2.75, 3.05) is 19.3 Å². The lowest BCUT2D eigenvalue weighted by Gasteiger charge is -2.11. The van der Waals surface area contributed by atoms with Crippen LogP contribution in [0.4, 0.5) is 0 Å². The molecule has 9 heavy (non-hydrogen) atoms. The molecule has 0 amide bonds. The molecule has 2 heteroatoms. The van der Waals surface area contributed by atoms with Gasteiger partial charge in [-0.15, -0.1) is 0 Å². The minimum Gasteiger partial charge on any atom is -0.251 e. The predicted octanol–water partition coefficient (Wildman–Crippen LogP) is 2.63. The molecule has 0 aliphatic rings. The third-order valence-electron chi connectivity index (χ3n) is 0.964. The van der Waals surface area contributed by atoms with Crippen LogP contribution in [0, 0.1) is 0 Å². The van der Waals surface area contributed by atoms with E-state index in [1.54, 1.807) is 11.9 Å². The Balaban J connectivity index is 0. The SMILES string of the molecule is CC.CCN(CC)SC. The average molecular weight is 149 g/mol. The average Bonchev–Trinajstić information content (AvgIpc) is 1.96. The van der Waals surface area contributed by atoms with Crippen LogP contribution in [0.2, 0.25) is 0 Å². The Morgan fingerprint density at radius 1 is 1.11 bits per heavy atom. The van der Waals surface area contributed by atoms with Crippen LogP contribution in [-0.2, 0) is 0 Å². The van der Waals surface area contributed by atoms with Gasteiger partial charge in [0.1, 0.15) is 0 Å². The van der Waals surface area contributed by atoms with Crippen molar-refractivity contribution >= 4 is 11.9 Å². The molecule has 0 aromatic carbocycles. The van der Waals surface area contributed by atoms with Gasteiger partial charge in [0, 0.05) is 13.1 Å². The summed E-state index contributed by atoms with van der Waals surface area (Å²) in [6, 6.07) is 0. The smallest absolute Gasteiger partial charge is 0.00606 e. The lowest BCUT2D eigenvalue weighted by Crippen LogP contribution is -2.12. The van der Waals surface area contributed by atoms with Crippen LogP contribution in [-0.4, -0.2) is 23.7 Å². The second-order valence-corrected chi connectivity index (χ2v) is 2.18. The van der Waals surface area contributed by atoms with Crippen molar-refractivity contribution < 1.29 is 0 Å². The molecule has 0 spiro atoms. The molecule has 0 rings (SSSR count). The molecule has 0 aliphatic carbocycles. The zero-order valence-electron chi connectivity index (χ0n) is 7.27. The van der Waals surface area contributed by atoms with Gasteiger partial charge in [-0.25, -0.2) is 0 Å². The molecule has 0 fully saturated rings. The standard InChI is InChI=1S/C5H13NS.C2H6/c1-4-6(5-2)7-3;1-2/h4-5H2,1-3H3;1-2H3. The van der Waals surface area contributed by atoms with Gasteiger partial charge in [-0.3, -0.25) is 4.31 Å². The summed E-state index contributed by atoms with van der Waals surface area (Å²) >= 11 is 1.80. The molecule has 0 bridgehead atoms. The molecule has 0 aromatic heterocycles.